The van der Waals surface area contributed by atoms with Crippen molar-refractivity contribution in [3.63, 3.8) is 0 Å². The summed E-state index contributed by atoms with van der Waals surface area (Å²) in [6.07, 6.45) is 5.75. The molecule has 1 unspecified atom stereocenters. The van der Waals surface area contributed by atoms with Crippen molar-refractivity contribution in [2.75, 3.05) is 6.61 Å². The molecule has 1 aliphatic carbocycles. The summed E-state index contributed by atoms with van der Waals surface area (Å²) in [6.45, 7) is -2.39. The summed E-state index contributed by atoms with van der Waals surface area (Å²) in [7, 11) is 0. The van der Waals surface area contributed by atoms with Crippen LogP contribution in [0.25, 0.3) is 0 Å². The Labute approximate surface area is 148 Å². The molecule has 132 valence electrons. The van der Waals surface area contributed by atoms with Crippen molar-refractivity contribution in [1.29, 1.82) is 0 Å². The maximum atomic E-state index is 12.6. The first-order chi connectivity index (χ1) is 12.1. The number of ether oxygens (including phenoxy) is 3. The number of alkyl halides is 2. The van der Waals surface area contributed by atoms with Crippen LogP contribution in [0.2, 0.25) is 5.02 Å². The minimum Gasteiger partial charge on any atom is -0.489 e. The van der Waals surface area contributed by atoms with Gasteiger partial charge < -0.3 is 14.2 Å². The number of hydrogen-bond donors (Lipinski definition) is 0. The lowest BCUT2D eigenvalue weighted by Gasteiger charge is -2.16. The highest BCUT2D eigenvalue weighted by Gasteiger charge is 2.28. The highest BCUT2D eigenvalue weighted by molar-refractivity contribution is 6.31. The lowest BCUT2D eigenvalue weighted by Crippen LogP contribution is -2.08. The summed E-state index contributed by atoms with van der Waals surface area (Å²) < 4.78 is 41.4. The van der Waals surface area contributed by atoms with Crippen molar-refractivity contribution in [3.05, 3.63) is 46.7 Å². The zero-order valence-electron chi connectivity index (χ0n) is 13.3. The fourth-order valence-corrected chi connectivity index (χ4v) is 3.06. The van der Waals surface area contributed by atoms with Gasteiger partial charge in [0.2, 0.25) is 0 Å². The predicted molar refractivity (Wildman–Crippen MR) is 87.6 cm³/mol. The standard InChI is InChI=1S/C18H16ClF2NO3/c19-13-7-22-8-17-12(13)6-15(24-17)11-3-4-14(25-18(20)21)16(5-11)23-9-10-1-2-10/h3-5,7-8,10,15,18H,1-2,6,9H2. The monoisotopic (exact) mass is 367 g/mol. The van der Waals surface area contributed by atoms with E-state index in [0.717, 1.165) is 24.0 Å². The van der Waals surface area contributed by atoms with E-state index in [4.69, 9.17) is 21.1 Å². The van der Waals surface area contributed by atoms with E-state index in [1.165, 1.54) is 6.07 Å². The lowest BCUT2D eigenvalue weighted by molar-refractivity contribution is -0.0515. The summed E-state index contributed by atoms with van der Waals surface area (Å²) >= 11 is 6.16. The first-order valence-electron chi connectivity index (χ1n) is 8.10. The molecule has 2 aliphatic rings. The fraction of sp³-hybridized carbons (Fsp3) is 0.389. The molecular weight excluding hydrogens is 352 g/mol. The number of fused-ring (bicyclic) bond motifs is 1. The normalized spacial score (nSPS) is 18.8. The van der Waals surface area contributed by atoms with Crippen molar-refractivity contribution in [2.24, 2.45) is 5.92 Å². The summed E-state index contributed by atoms with van der Waals surface area (Å²) in [6, 6.07) is 4.91. The van der Waals surface area contributed by atoms with Gasteiger partial charge in [0.25, 0.3) is 0 Å². The van der Waals surface area contributed by atoms with E-state index < -0.39 is 6.61 Å². The quantitative estimate of drug-likeness (QED) is 0.735. The molecule has 4 nitrogen and oxygen atoms in total. The van der Waals surface area contributed by atoms with E-state index in [2.05, 4.69) is 9.72 Å². The first-order valence-corrected chi connectivity index (χ1v) is 8.48. The third-order valence-electron chi connectivity index (χ3n) is 4.35. The zero-order valence-corrected chi connectivity index (χ0v) is 14.0. The van der Waals surface area contributed by atoms with E-state index in [9.17, 15) is 8.78 Å². The third-order valence-corrected chi connectivity index (χ3v) is 4.68. The van der Waals surface area contributed by atoms with Crippen LogP contribution in [0.4, 0.5) is 8.78 Å². The molecule has 2 heterocycles. The average Bonchev–Trinajstić information content (AvgIpc) is 3.30. The molecule has 1 fully saturated rings. The highest BCUT2D eigenvalue weighted by Crippen LogP contribution is 2.42. The predicted octanol–water partition coefficient (Wildman–Crippen LogP) is 4.80. The Morgan fingerprint density at radius 2 is 2.08 bits per heavy atom. The van der Waals surface area contributed by atoms with E-state index in [-0.39, 0.29) is 11.9 Å². The van der Waals surface area contributed by atoms with Crippen LogP contribution >= 0.6 is 11.6 Å². The number of pyridine rings is 1. The van der Waals surface area contributed by atoms with Crippen molar-refractivity contribution in [1.82, 2.24) is 4.98 Å². The van der Waals surface area contributed by atoms with Crippen LogP contribution in [0.1, 0.15) is 30.1 Å². The van der Waals surface area contributed by atoms with Crippen LogP contribution in [-0.2, 0) is 6.42 Å². The second kappa shape index (κ2) is 6.67. The number of aromatic nitrogens is 1. The van der Waals surface area contributed by atoms with E-state index in [1.807, 2.05) is 0 Å². The Balaban J connectivity index is 1.57. The van der Waals surface area contributed by atoms with Gasteiger partial charge in [0.05, 0.1) is 17.8 Å². The molecule has 0 spiro atoms. The average molecular weight is 368 g/mol. The Morgan fingerprint density at radius 1 is 1.24 bits per heavy atom. The van der Waals surface area contributed by atoms with Gasteiger partial charge in [-0.05, 0) is 36.5 Å². The molecule has 1 atom stereocenters. The van der Waals surface area contributed by atoms with Gasteiger partial charge in [0.1, 0.15) is 11.9 Å². The first kappa shape index (κ1) is 16.4. The Hall–Kier alpha value is -2.08. The van der Waals surface area contributed by atoms with Gasteiger partial charge in [0.15, 0.2) is 11.5 Å². The molecular formula is C18H16ClF2NO3. The van der Waals surface area contributed by atoms with E-state index in [0.29, 0.717) is 35.5 Å². The number of benzene rings is 1. The molecule has 0 amide bonds. The molecule has 25 heavy (non-hydrogen) atoms. The number of hydrogen-bond acceptors (Lipinski definition) is 4. The lowest BCUT2D eigenvalue weighted by atomic mass is 10.0. The van der Waals surface area contributed by atoms with Gasteiger partial charge in [-0.1, -0.05) is 17.7 Å². The highest BCUT2D eigenvalue weighted by atomic mass is 35.5. The smallest absolute Gasteiger partial charge is 0.387 e. The largest absolute Gasteiger partial charge is 0.489 e. The van der Waals surface area contributed by atoms with E-state index in [1.54, 1.807) is 24.5 Å². The molecule has 4 rings (SSSR count). The number of nitrogens with zero attached hydrogens (tertiary/aromatic N) is 1. The van der Waals surface area contributed by atoms with E-state index >= 15 is 0 Å². The Kier molecular flexibility index (Phi) is 4.37. The molecule has 2 aromatic rings. The van der Waals surface area contributed by atoms with Crippen LogP contribution in [-0.4, -0.2) is 18.2 Å². The second-order valence-electron chi connectivity index (χ2n) is 6.25. The Bertz CT molecular complexity index is 783. The van der Waals surface area contributed by atoms with Gasteiger partial charge >= 0.3 is 6.61 Å². The van der Waals surface area contributed by atoms with Crippen molar-refractivity contribution < 1.29 is 23.0 Å². The molecule has 1 aromatic carbocycles. The maximum Gasteiger partial charge on any atom is 0.387 e. The minimum atomic E-state index is -2.90. The molecule has 0 N–H and O–H groups in total. The maximum absolute atomic E-state index is 12.6. The van der Waals surface area contributed by atoms with Gasteiger partial charge in [0, 0.05) is 18.2 Å². The molecule has 1 aromatic heterocycles. The summed E-state index contributed by atoms with van der Waals surface area (Å²) in [5, 5.41) is 0.558. The second-order valence-corrected chi connectivity index (χ2v) is 6.65. The van der Waals surface area contributed by atoms with Crippen LogP contribution in [0.5, 0.6) is 17.2 Å². The van der Waals surface area contributed by atoms with Gasteiger partial charge in [-0.2, -0.15) is 8.78 Å². The molecule has 0 saturated heterocycles. The minimum absolute atomic E-state index is 0.0367. The van der Waals surface area contributed by atoms with Gasteiger partial charge in [-0.25, -0.2) is 0 Å². The summed E-state index contributed by atoms with van der Waals surface area (Å²) in [4.78, 5) is 4.02. The van der Waals surface area contributed by atoms with Crippen molar-refractivity contribution in [2.45, 2.75) is 32.0 Å². The molecule has 0 bridgehead atoms. The SMILES string of the molecule is FC(F)Oc1ccc(C2Cc3c(Cl)cncc3O2)cc1OCC1CC1. The van der Waals surface area contributed by atoms with Crippen LogP contribution in [0.3, 0.4) is 0 Å². The van der Waals surface area contributed by atoms with Crippen LogP contribution in [0.15, 0.2) is 30.6 Å². The molecule has 1 aliphatic heterocycles. The molecule has 1 saturated carbocycles. The molecule has 7 heteroatoms. The number of rotatable bonds is 6. The van der Waals surface area contributed by atoms with Crippen LogP contribution < -0.4 is 14.2 Å². The summed E-state index contributed by atoms with van der Waals surface area (Å²) in [5.74, 6) is 1.49. The topological polar surface area (TPSA) is 40.6 Å². The van der Waals surface area contributed by atoms with Crippen LogP contribution in [0, 0.1) is 5.92 Å². The molecule has 0 radical (unpaired) electrons. The zero-order chi connectivity index (χ0) is 17.4. The third kappa shape index (κ3) is 3.63. The van der Waals surface area contributed by atoms with Gasteiger partial charge in [-0.3, -0.25) is 4.98 Å². The Morgan fingerprint density at radius 3 is 2.80 bits per heavy atom. The number of halogens is 3. The fourth-order valence-electron chi connectivity index (χ4n) is 2.83. The summed E-state index contributed by atoms with van der Waals surface area (Å²) in [5.41, 5.74) is 1.72. The van der Waals surface area contributed by atoms with Crippen molar-refractivity contribution >= 4 is 11.6 Å². The van der Waals surface area contributed by atoms with Crippen molar-refractivity contribution in [3.8, 4) is 17.2 Å². The van der Waals surface area contributed by atoms with Gasteiger partial charge in [-0.15, -0.1) is 0 Å².